The van der Waals surface area contributed by atoms with Crippen molar-refractivity contribution in [3.63, 3.8) is 0 Å². The Labute approximate surface area is 169 Å². The summed E-state index contributed by atoms with van der Waals surface area (Å²) in [7, 11) is 0. The van der Waals surface area contributed by atoms with Crippen molar-refractivity contribution in [2.75, 3.05) is 10.7 Å². The molecule has 0 saturated carbocycles. The average molecular weight is 412 g/mol. The van der Waals surface area contributed by atoms with Crippen molar-refractivity contribution in [3.05, 3.63) is 75.6 Å². The van der Waals surface area contributed by atoms with Crippen molar-refractivity contribution in [1.29, 1.82) is 0 Å². The third-order valence-electron chi connectivity index (χ3n) is 4.17. The lowest BCUT2D eigenvalue weighted by atomic mass is 10.1. The van der Waals surface area contributed by atoms with Crippen LogP contribution in [0.2, 0.25) is 5.02 Å². The summed E-state index contributed by atoms with van der Waals surface area (Å²) >= 11 is 7.21. The third-order valence-corrected chi connectivity index (χ3v) is 5.33. The molecule has 0 bridgehead atoms. The minimum Gasteiger partial charge on any atom is -0.422 e. The van der Waals surface area contributed by atoms with E-state index in [-0.39, 0.29) is 11.7 Å². The van der Waals surface area contributed by atoms with Gasteiger partial charge >= 0.3 is 5.63 Å². The van der Waals surface area contributed by atoms with Crippen LogP contribution in [0.3, 0.4) is 0 Å². The maximum atomic E-state index is 12.3. The van der Waals surface area contributed by atoms with Crippen molar-refractivity contribution < 1.29 is 9.21 Å². The number of amidine groups is 1. The van der Waals surface area contributed by atoms with Gasteiger partial charge in [-0.15, -0.1) is 5.10 Å². The third kappa shape index (κ3) is 3.58. The summed E-state index contributed by atoms with van der Waals surface area (Å²) < 4.78 is 5.34. The van der Waals surface area contributed by atoms with Crippen LogP contribution < -0.4 is 10.5 Å². The van der Waals surface area contributed by atoms with Crippen LogP contribution >= 0.6 is 23.4 Å². The number of halogens is 1. The number of nitrogens with zero attached hydrogens (tertiary/aromatic N) is 3. The highest BCUT2D eigenvalue weighted by Gasteiger charge is 2.29. The molecule has 2 heterocycles. The van der Waals surface area contributed by atoms with E-state index in [0.717, 1.165) is 5.39 Å². The fourth-order valence-electron chi connectivity index (χ4n) is 2.77. The van der Waals surface area contributed by atoms with Crippen LogP contribution in [0, 0.1) is 0 Å². The maximum Gasteiger partial charge on any atom is 0.345 e. The molecule has 1 saturated heterocycles. The Hall–Kier alpha value is -2.90. The van der Waals surface area contributed by atoms with Gasteiger partial charge in [0.2, 0.25) is 5.91 Å². The Morgan fingerprint density at radius 3 is 2.68 bits per heavy atom. The summed E-state index contributed by atoms with van der Waals surface area (Å²) in [6.45, 7) is 1.68. The molecule has 140 valence electrons. The van der Waals surface area contributed by atoms with Gasteiger partial charge in [-0.1, -0.05) is 41.6 Å². The van der Waals surface area contributed by atoms with Gasteiger partial charge in [-0.25, -0.2) is 4.79 Å². The number of fused-ring (bicyclic) bond motifs is 1. The van der Waals surface area contributed by atoms with Gasteiger partial charge in [0, 0.05) is 10.4 Å². The molecule has 4 rings (SSSR count). The molecular formula is C20H14ClN3O3S. The molecule has 28 heavy (non-hydrogen) atoms. The second kappa shape index (κ2) is 7.61. The first-order valence-corrected chi connectivity index (χ1v) is 9.76. The molecule has 6 nitrogen and oxygen atoms in total. The van der Waals surface area contributed by atoms with Gasteiger partial charge in [0.15, 0.2) is 5.17 Å². The van der Waals surface area contributed by atoms with Crippen LogP contribution in [0.4, 0.5) is 5.69 Å². The van der Waals surface area contributed by atoms with Crippen molar-refractivity contribution in [3.8, 4) is 0 Å². The topological polar surface area (TPSA) is 75.2 Å². The van der Waals surface area contributed by atoms with Crippen LogP contribution in [0.25, 0.3) is 11.0 Å². The molecule has 0 unspecified atom stereocenters. The fourth-order valence-corrected chi connectivity index (χ4v) is 3.71. The molecule has 0 radical (unpaired) electrons. The van der Waals surface area contributed by atoms with Crippen LogP contribution in [-0.4, -0.2) is 22.5 Å². The smallest absolute Gasteiger partial charge is 0.345 e. The van der Waals surface area contributed by atoms with Crippen LogP contribution in [0.15, 0.2) is 74.0 Å². The highest BCUT2D eigenvalue weighted by atomic mass is 35.5. The highest BCUT2D eigenvalue weighted by molar-refractivity contribution is 8.15. The molecule has 0 N–H and O–H groups in total. The van der Waals surface area contributed by atoms with E-state index in [2.05, 4.69) is 10.2 Å². The van der Waals surface area contributed by atoms with Crippen LogP contribution in [0.5, 0.6) is 0 Å². The van der Waals surface area contributed by atoms with Crippen LogP contribution in [-0.2, 0) is 4.79 Å². The van der Waals surface area contributed by atoms with E-state index < -0.39 is 5.63 Å². The molecule has 0 aliphatic carbocycles. The minimum atomic E-state index is -0.482. The molecular weight excluding hydrogens is 398 g/mol. The average Bonchev–Trinajstić information content (AvgIpc) is 3.06. The number of rotatable bonds is 3. The number of carbonyl (C=O) groups excluding carboxylic acids is 1. The van der Waals surface area contributed by atoms with Crippen molar-refractivity contribution >= 4 is 56.8 Å². The predicted octanol–water partition coefficient (Wildman–Crippen LogP) is 4.31. The lowest BCUT2D eigenvalue weighted by Gasteiger charge is -2.15. The zero-order chi connectivity index (χ0) is 19.7. The number of hydrogen-bond donors (Lipinski definition) is 0. The molecule has 0 spiro atoms. The number of thioether (sulfide) groups is 1. The first-order chi connectivity index (χ1) is 13.5. The van der Waals surface area contributed by atoms with E-state index in [9.17, 15) is 9.59 Å². The Balaban J connectivity index is 1.69. The van der Waals surface area contributed by atoms with Gasteiger partial charge in [-0.05, 0) is 43.3 Å². The lowest BCUT2D eigenvalue weighted by Crippen LogP contribution is -2.29. The van der Waals surface area contributed by atoms with Crippen LogP contribution in [0.1, 0.15) is 12.5 Å². The second-order valence-electron chi connectivity index (χ2n) is 6.05. The monoisotopic (exact) mass is 411 g/mol. The van der Waals surface area contributed by atoms with Gasteiger partial charge in [-0.3, -0.25) is 9.69 Å². The molecule has 3 aromatic rings. The first kappa shape index (κ1) is 18.5. The summed E-state index contributed by atoms with van der Waals surface area (Å²) in [4.78, 5) is 26.0. The molecule has 0 atom stereocenters. The largest absolute Gasteiger partial charge is 0.422 e. The number of hydrogen-bond acceptors (Lipinski definition) is 6. The van der Waals surface area contributed by atoms with Gasteiger partial charge in [0.1, 0.15) is 5.58 Å². The SMILES string of the molecule is C/C(=N\N=C1\SCC(=O)N1c1ccc(Cl)cc1)c1cc2ccccc2oc1=O. The number of amides is 1. The molecule has 1 aliphatic heterocycles. The van der Waals surface area contributed by atoms with Crippen molar-refractivity contribution in [2.45, 2.75) is 6.92 Å². The van der Waals surface area contributed by atoms with E-state index in [4.69, 9.17) is 16.0 Å². The summed E-state index contributed by atoms with van der Waals surface area (Å²) in [5.41, 5.74) is 1.43. The van der Waals surface area contributed by atoms with Crippen molar-refractivity contribution in [2.24, 2.45) is 10.2 Å². The summed E-state index contributed by atoms with van der Waals surface area (Å²) in [5, 5.41) is 10.2. The van der Waals surface area contributed by atoms with Gasteiger partial charge in [-0.2, -0.15) is 5.10 Å². The highest BCUT2D eigenvalue weighted by Crippen LogP contribution is 2.28. The molecule has 1 fully saturated rings. The van der Waals surface area contributed by atoms with Gasteiger partial charge in [0.25, 0.3) is 0 Å². The van der Waals surface area contributed by atoms with E-state index in [1.165, 1.54) is 16.7 Å². The van der Waals surface area contributed by atoms with E-state index >= 15 is 0 Å². The van der Waals surface area contributed by atoms with Gasteiger partial charge < -0.3 is 4.42 Å². The Bertz CT molecular complexity index is 1190. The van der Waals surface area contributed by atoms with E-state index in [0.29, 0.717) is 32.7 Å². The molecule has 2 aromatic carbocycles. The molecule has 1 amide bonds. The second-order valence-corrected chi connectivity index (χ2v) is 7.43. The Morgan fingerprint density at radius 1 is 1.14 bits per heavy atom. The Kier molecular flexibility index (Phi) is 5.02. The number of para-hydroxylation sites is 1. The zero-order valence-corrected chi connectivity index (χ0v) is 16.3. The number of benzene rings is 2. The first-order valence-electron chi connectivity index (χ1n) is 8.40. The zero-order valence-electron chi connectivity index (χ0n) is 14.8. The summed E-state index contributed by atoms with van der Waals surface area (Å²) in [5.74, 6) is 0.179. The fraction of sp³-hybridized carbons (Fsp3) is 0.100. The number of anilines is 1. The summed E-state index contributed by atoms with van der Waals surface area (Å²) in [6.07, 6.45) is 0. The summed E-state index contributed by atoms with van der Waals surface area (Å²) in [6, 6.07) is 15.9. The van der Waals surface area contributed by atoms with Gasteiger partial charge in [0.05, 0.1) is 22.7 Å². The number of carbonyl (C=O) groups is 1. The van der Waals surface area contributed by atoms with E-state index in [1.807, 2.05) is 12.1 Å². The van der Waals surface area contributed by atoms with Crippen molar-refractivity contribution in [1.82, 2.24) is 0 Å². The predicted molar refractivity (Wildman–Crippen MR) is 114 cm³/mol. The lowest BCUT2D eigenvalue weighted by molar-refractivity contribution is -0.115. The maximum absolute atomic E-state index is 12.3. The normalized spacial score (nSPS) is 16.4. The molecule has 1 aromatic heterocycles. The quantitative estimate of drug-likeness (QED) is 0.365. The Morgan fingerprint density at radius 2 is 1.89 bits per heavy atom. The standard InChI is InChI=1S/C20H14ClN3O3S/c1-12(16-10-13-4-2-3-5-17(13)27-19(16)26)22-23-20-24(18(25)11-28-20)15-8-6-14(21)7-9-15/h2-10H,11H2,1H3/b22-12+,23-20+. The minimum absolute atomic E-state index is 0.0934. The van der Waals surface area contributed by atoms with E-state index in [1.54, 1.807) is 49.4 Å². The molecule has 8 heteroatoms. The molecule has 1 aliphatic rings.